The third-order valence-electron chi connectivity index (χ3n) is 1.78. The van der Waals surface area contributed by atoms with Gasteiger partial charge < -0.3 is 0 Å². The fourth-order valence-corrected chi connectivity index (χ4v) is 1.56. The van der Waals surface area contributed by atoms with E-state index in [0.717, 1.165) is 11.3 Å². The van der Waals surface area contributed by atoms with Gasteiger partial charge in [0, 0.05) is 0 Å². The molecule has 72 valence electrons. The number of rotatable bonds is 3. The molecule has 0 aliphatic carbocycles. The van der Waals surface area contributed by atoms with E-state index in [2.05, 4.69) is 4.72 Å². The van der Waals surface area contributed by atoms with Crippen LogP contribution in [0.1, 0.15) is 25.3 Å². The summed E-state index contributed by atoms with van der Waals surface area (Å²) in [6.07, 6.45) is 0. The molecular weight excluding hydrogens is 186 g/mol. The van der Waals surface area contributed by atoms with Crippen molar-refractivity contribution in [1.82, 2.24) is 0 Å². The van der Waals surface area contributed by atoms with Gasteiger partial charge in [-0.15, -0.1) is 0 Å². The first kappa shape index (κ1) is 10.2. The van der Waals surface area contributed by atoms with Crippen molar-refractivity contribution in [3.8, 4) is 0 Å². The van der Waals surface area contributed by atoms with Gasteiger partial charge >= 0.3 is 0 Å². The van der Waals surface area contributed by atoms with Crippen LogP contribution >= 0.6 is 0 Å². The van der Waals surface area contributed by atoms with Gasteiger partial charge in [-0.05, 0) is 17.5 Å². The van der Waals surface area contributed by atoms with Crippen LogP contribution < -0.4 is 4.72 Å². The van der Waals surface area contributed by atoms with E-state index in [1.807, 2.05) is 32.0 Å². The number of para-hydroxylation sites is 1. The third-order valence-corrected chi connectivity index (χ3v) is 2.17. The SMILES string of the molecule is CC(C)c1ccccc1NS(=O)O. The van der Waals surface area contributed by atoms with Gasteiger partial charge in [-0.2, -0.15) is 0 Å². The van der Waals surface area contributed by atoms with Crippen molar-refractivity contribution in [3.05, 3.63) is 29.8 Å². The predicted octanol–water partition coefficient (Wildman–Crippen LogP) is 2.36. The Morgan fingerprint density at radius 3 is 2.54 bits per heavy atom. The van der Waals surface area contributed by atoms with Crippen LogP contribution in [0.15, 0.2) is 24.3 Å². The van der Waals surface area contributed by atoms with Crippen LogP contribution in [0.2, 0.25) is 0 Å². The molecule has 3 nitrogen and oxygen atoms in total. The summed E-state index contributed by atoms with van der Waals surface area (Å²) in [5.41, 5.74) is 1.77. The second kappa shape index (κ2) is 4.39. The molecule has 1 rings (SSSR count). The zero-order valence-corrected chi connectivity index (χ0v) is 8.47. The van der Waals surface area contributed by atoms with E-state index < -0.39 is 11.3 Å². The lowest BCUT2D eigenvalue weighted by Crippen LogP contribution is -2.05. The molecule has 0 aromatic heterocycles. The van der Waals surface area contributed by atoms with E-state index in [0.29, 0.717) is 5.92 Å². The van der Waals surface area contributed by atoms with Gasteiger partial charge in [-0.3, -0.25) is 9.27 Å². The Morgan fingerprint density at radius 2 is 2.00 bits per heavy atom. The summed E-state index contributed by atoms with van der Waals surface area (Å²) >= 11 is -1.99. The van der Waals surface area contributed by atoms with Crippen molar-refractivity contribution in [1.29, 1.82) is 0 Å². The van der Waals surface area contributed by atoms with E-state index in [-0.39, 0.29) is 0 Å². The maximum atomic E-state index is 10.5. The van der Waals surface area contributed by atoms with E-state index >= 15 is 0 Å². The fraction of sp³-hybridized carbons (Fsp3) is 0.333. The molecular formula is C9H13NO2S. The van der Waals surface area contributed by atoms with Crippen LogP contribution in [0.4, 0.5) is 5.69 Å². The summed E-state index contributed by atoms with van der Waals surface area (Å²) in [5.74, 6) is 0.340. The minimum Gasteiger partial charge on any atom is -0.289 e. The number of hydrogen-bond donors (Lipinski definition) is 2. The molecule has 0 aliphatic heterocycles. The first-order valence-electron chi connectivity index (χ1n) is 4.07. The topological polar surface area (TPSA) is 49.3 Å². The largest absolute Gasteiger partial charge is 0.289 e. The molecule has 0 saturated carbocycles. The molecule has 0 spiro atoms. The zero-order valence-electron chi connectivity index (χ0n) is 7.65. The highest BCUT2D eigenvalue weighted by molar-refractivity contribution is 7.80. The Balaban J connectivity index is 2.97. The molecule has 0 amide bonds. The van der Waals surface area contributed by atoms with E-state index in [1.165, 1.54) is 0 Å². The predicted molar refractivity (Wildman–Crippen MR) is 54.9 cm³/mol. The van der Waals surface area contributed by atoms with Crippen molar-refractivity contribution in [3.63, 3.8) is 0 Å². The van der Waals surface area contributed by atoms with Crippen LogP contribution in [0.25, 0.3) is 0 Å². The second-order valence-corrected chi connectivity index (χ2v) is 3.80. The molecule has 4 heteroatoms. The van der Waals surface area contributed by atoms with Gasteiger partial charge in [0.2, 0.25) is 0 Å². The molecule has 2 N–H and O–H groups in total. The number of anilines is 1. The second-order valence-electron chi connectivity index (χ2n) is 3.09. The van der Waals surface area contributed by atoms with Gasteiger partial charge in [0.25, 0.3) is 11.3 Å². The van der Waals surface area contributed by atoms with Crippen LogP contribution in [-0.4, -0.2) is 8.76 Å². The van der Waals surface area contributed by atoms with Crippen molar-refractivity contribution in [2.24, 2.45) is 0 Å². The van der Waals surface area contributed by atoms with Crippen molar-refractivity contribution in [2.75, 3.05) is 4.72 Å². The lowest BCUT2D eigenvalue weighted by atomic mass is 10.0. The van der Waals surface area contributed by atoms with Crippen LogP contribution in [0.3, 0.4) is 0 Å². The maximum Gasteiger partial charge on any atom is 0.259 e. The van der Waals surface area contributed by atoms with Crippen LogP contribution in [0, 0.1) is 0 Å². The maximum absolute atomic E-state index is 10.5. The molecule has 0 bridgehead atoms. The highest BCUT2D eigenvalue weighted by Gasteiger charge is 2.06. The monoisotopic (exact) mass is 199 g/mol. The number of benzene rings is 1. The van der Waals surface area contributed by atoms with Gasteiger partial charge in [-0.25, -0.2) is 4.21 Å². The third kappa shape index (κ3) is 2.82. The van der Waals surface area contributed by atoms with Crippen molar-refractivity contribution < 1.29 is 8.76 Å². The quantitative estimate of drug-likeness (QED) is 0.734. The molecule has 1 unspecified atom stereocenters. The lowest BCUT2D eigenvalue weighted by Gasteiger charge is -2.11. The Morgan fingerprint density at radius 1 is 1.38 bits per heavy atom. The standard InChI is InChI=1S/C9H13NO2S/c1-7(2)8-5-3-4-6-9(8)10-13(11)12/h3-7,10H,1-2H3,(H,11,12). The van der Waals surface area contributed by atoms with Gasteiger partial charge in [0.15, 0.2) is 0 Å². The van der Waals surface area contributed by atoms with Gasteiger partial charge in [0.1, 0.15) is 0 Å². The minimum atomic E-state index is -1.99. The first-order chi connectivity index (χ1) is 6.11. The molecule has 0 saturated heterocycles. The van der Waals surface area contributed by atoms with E-state index in [9.17, 15) is 4.21 Å². The average molecular weight is 199 g/mol. The first-order valence-corrected chi connectivity index (χ1v) is 5.18. The summed E-state index contributed by atoms with van der Waals surface area (Å²) in [4.78, 5) is 0. The molecule has 0 radical (unpaired) electrons. The Bertz CT molecular complexity index is 312. The Labute approximate surface area is 80.6 Å². The number of hydrogen-bond acceptors (Lipinski definition) is 1. The van der Waals surface area contributed by atoms with E-state index in [4.69, 9.17) is 4.55 Å². The van der Waals surface area contributed by atoms with Gasteiger partial charge in [0.05, 0.1) is 5.69 Å². The highest BCUT2D eigenvalue weighted by atomic mass is 32.2. The van der Waals surface area contributed by atoms with Crippen LogP contribution in [-0.2, 0) is 11.3 Å². The highest BCUT2D eigenvalue weighted by Crippen LogP contribution is 2.23. The Hall–Kier alpha value is -0.870. The Kier molecular flexibility index (Phi) is 3.45. The minimum absolute atomic E-state index is 0.340. The summed E-state index contributed by atoms with van der Waals surface area (Å²) in [5, 5.41) is 0. The summed E-state index contributed by atoms with van der Waals surface area (Å²) in [6.45, 7) is 4.08. The zero-order chi connectivity index (χ0) is 9.84. The molecule has 13 heavy (non-hydrogen) atoms. The molecule has 1 aromatic carbocycles. The lowest BCUT2D eigenvalue weighted by molar-refractivity contribution is 0.570. The summed E-state index contributed by atoms with van der Waals surface area (Å²) in [7, 11) is 0. The smallest absolute Gasteiger partial charge is 0.259 e. The summed E-state index contributed by atoms with van der Waals surface area (Å²) < 4.78 is 21.7. The normalized spacial score (nSPS) is 12.9. The summed E-state index contributed by atoms with van der Waals surface area (Å²) in [6, 6.07) is 7.49. The number of nitrogens with one attached hydrogen (secondary N) is 1. The van der Waals surface area contributed by atoms with Crippen molar-refractivity contribution >= 4 is 17.0 Å². The molecule has 0 aliphatic rings. The molecule has 1 aromatic rings. The fourth-order valence-electron chi connectivity index (χ4n) is 1.19. The van der Waals surface area contributed by atoms with Gasteiger partial charge in [-0.1, -0.05) is 32.0 Å². The van der Waals surface area contributed by atoms with Crippen LogP contribution in [0.5, 0.6) is 0 Å². The molecule has 0 heterocycles. The molecule has 1 atom stereocenters. The van der Waals surface area contributed by atoms with Crippen molar-refractivity contribution in [2.45, 2.75) is 19.8 Å². The average Bonchev–Trinajstić information content (AvgIpc) is 2.03. The molecule has 0 fully saturated rings. The van der Waals surface area contributed by atoms with E-state index in [1.54, 1.807) is 6.07 Å².